The molecule has 142 valence electrons. The normalized spacial score (nSPS) is 12.4. The maximum absolute atomic E-state index is 12.3. The molecule has 0 radical (unpaired) electrons. The van der Waals surface area contributed by atoms with Crippen molar-refractivity contribution in [1.29, 1.82) is 0 Å². The monoisotopic (exact) mass is 372 g/mol. The lowest BCUT2D eigenvalue weighted by atomic mass is 10.0. The van der Waals surface area contributed by atoms with Gasteiger partial charge in [0.05, 0.1) is 23.9 Å². The highest BCUT2D eigenvalue weighted by atomic mass is 16.5. The van der Waals surface area contributed by atoms with E-state index in [0.29, 0.717) is 12.3 Å². The summed E-state index contributed by atoms with van der Waals surface area (Å²) >= 11 is 0. The van der Waals surface area contributed by atoms with E-state index >= 15 is 0 Å². The van der Waals surface area contributed by atoms with E-state index in [1.54, 1.807) is 6.92 Å². The second kappa shape index (κ2) is 7.47. The van der Waals surface area contributed by atoms with Gasteiger partial charge in [0.1, 0.15) is 5.69 Å². The highest BCUT2D eigenvalue weighted by Crippen LogP contribution is 2.37. The number of para-hydroxylation sites is 1. The van der Waals surface area contributed by atoms with Crippen LogP contribution in [0.4, 0.5) is 0 Å². The first-order chi connectivity index (χ1) is 13.7. The average Bonchev–Trinajstić information content (AvgIpc) is 3.05. The summed E-state index contributed by atoms with van der Waals surface area (Å²) in [7, 11) is 0. The maximum atomic E-state index is 12.3. The summed E-state index contributed by atoms with van der Waals surface area (Å²) in [5, 5.41) is 2.17. The summed E-state index contributed by atoms with van der Waals surface area (Å²) in [6.45, 7) is 6.32. The van der Waals surface area contributed by atoms with E-state index in [0.717, 1.165) is 33.9 Å². The van der Waals surface area contributed by atoms with Gasteiger partial charge in [-0.05, 0) is 38.0 Å². The van der Waals surface area contributed by atoms with Gasteiger partial charge in [0.25, 0.3) is 0 Å². The van der Waals surface area contributed by atoms with Gasteiger partial charge in [-0.2, -0.15) is 0 Å². The standard InChI is InChI=1S/C24H24N2O2/c1-4-21(17-11-7-6-8-12-17)26-22-14-10-9-13-18(22)19-15-20(24(27)28-5-2)25-16(3)23(19)26/h6-15,21H,4-5H2,1-3H3. The van der Waals surface area contributed by atoms with Crippen LogP contribution in [0.25, 0.3) is 21.8 Å². The zero-order valence-electron chi connectivity index (χ0n) is 16.5. The summed E-state index contributed by atoms with van der Waals surface area (Å²) in [4.78, 5) is 16.9. The molecule has 1 atom stereocenters. The fourth-order valence-corrected chi connectivity index (χ4v) is 4.08. The van der Waals surface area contributed by atoms with Gasteiger partial charge in [-0.1, -0.05) is 55.5 Å². The molecule has 0 saturated heterocycles. The molecule has 4 rings (SSSR count). The number of carbonyl (C=O) groups excluding carboxylic acids is 1. The topological polar surface area (TPSA) is 44.1 Å². The first-order valence-corrected chi connectivity index (χ1v) is 9.78. The van der Waals surface area contributed by atoms with E-state index in [-0.39, 0.29) is 12.0 Å². The molecule has 4 heteroatoms. The molecule has 2 aromatic heterocycles. The summed E-state index contributed by atoms with van der Waals surface area (Å²) in [6, 6.07) is 21.0. The predicted molar refractivity (Wildman–Crippen MR) is 113 cm³/mol. The molecule has 0 aliphatic carbocycles. The van der Waals surface area contributed by atoms with Gasteiger partial charge < -0.3 is 9.30 Å². The molecule has 0 fully saturated rings. The van der Waals surface area contributed by atoms with Crippen molar-refractivity contribution in [2.75, 3.05) is 6.61 Å². The maximum Gasteiger partial charge on any atom is 0.356 e. The van der Waals surface area contributed by atoms with Gasteiger partial charge in [-0.15, -0.1) is 0 Å². The largest absolute Gasteiger partial charge is 0.461 e. The van der Waals surface area contributed by atoms with Crippen LogP contribution in [0.1, 0.15) is 48.1 Å². The van der Waals surface area contributed by atoms with Crippen molar-refractivity contribution in [3.05, 3.63) is 77.6 Å². The number of aryl methyl sites for hydroxylation is 1. The summed E-state index contributed by atoms with van der Waals surface area (Å²) in [5.74, 6) is -0.376. The number of ether oxygens (including phenoxy) is 1. The molecule has 2 aromatic carbocycles. The Hall–Kier alpha value is -3.14. The number of nitrogens with zero attached hydrogens (tertiary/aromatic N) is 2. The van der Waals surface area contributed by atoms with Crippen LogP contribution in [0.15, 0.2) is 60.7 Å². The molecule has 0 aliphatic rings. The minimum absolute atomic E-state index is 0.192. The van der Waals surface area contributed by atoms with E-state index < -0.39 is 0 Å². The molecular weight excluding hydrogens is 348 g/mol. The summed E-state index contributed by atoms with van der Waals surface area (Å²) in [5.41, 5.74) is 4.69. The van der Waals surface area contributed by atoms with E-state index in [2.05, 4.69) is 58.9 Å². The van der Waals surface area contributed by atoms with Crippen LogP contribution in [0, 0.1) is 6.92 Å². The molecule has 0 aliphatic heterocycles. The van der Waals surface area contributed by atoms with E-state index in [1.165, 1.54) is 5.56 Å². The Balaban J connectivity index is 2.04. The molecule has 0 N–H and O–H groups in total. The number of benzene rings is 2. The Labute approximate surface area is 164 Å². The average molecular weight is 372 g/mol. The zero-order valence-corrected chi connectivity index (χ0v) is 16.5. The second-order valence-corrected chi connectivity index (χ2v) is 6.93. The highest BCUT2D eigenvalue weighted by Gasteiger charge is 2.22. The number of rotatable bonds is 5. The van der Waals surface area contributed by atoms with Gasteiger partial charge in [0, 0.05) is 16.3 Å². The summed E-state index contributed by atoms with van der Waals surface area (Å²) in [6.07, 6.45) is 0.955. The zero-order chi connectivity index (χ0) is 19.7. The SMILES string of the molecule is CCOC(=O)c1cc2c3ccccc3n(C(CC)c3ccccc3)c2c(C)n1. The van der Waals surface area contributed by atoms with E-state index in [4.69, 9.17) is 4.74 Å². The molecular formula is C24H24N2O2. The van der Waals surface area contributed by atoms with E-state index in [1.807, 2.05) is 25.1 Å². The van der Waals surface area contributed by atoms with Crippen molar-refractivity contribution >= 4 is 27.8 Å². The first-order valence-electron chi connectivity index (χ1n) is 9.78. The molecule has 28 heavy (non-hydrogen) atoms. The number of hydrogen-bond donors (Lipinski definition) is 0. The van der Waals surface area contributed by atoms with Gasteiger partial charge in [-0.25, -0.2) is 9.78 Å². The van der Waals surface area contributed by atoms with E-state index in [9.17, 15) is 4.79 Å². The Bertz CT molecular complexity index is 1150. The lowest BCUT2D eigenvalue weighted by Gasteiger charge is -2.21. The number of fused-ring (bicyclic) bond motifs is 3. The lowest BCUT2D eigenvalue weighted by Crippen LogP contribution is -2.12. The molecule has 0 spiro atoms. The van der Waals surface area contributed by atoms with Crippen molar-refractivity contribution in [3.8, 4) is 0 Å². The number of pyridine rings is 1. The Morgan fingerprint density at radius 3 is 2.46 bits per heavy atom. The Morgan fingerprint density at radius 2 is 1.75 bits per heavy atom. The molecule has 0 bridgehead atoms. The third kappa shape index (κ3) is 2.95. The molecule has 0 amide bonds. The van der Waals surface area contributed by atoms with Gasteiger partial charge in [0.15, 0.2) is 0 Å². The third-order valence-corrected chi connectivity index (χ3v) is 5.23. The van der Waals surface area contributed by atoms with Crippen LogP contribution in [-0.2, 0) is 4.74 Å². The van der Waals surface area contributed by atoms with Crippen molar-refractivity contribution in [2.24, 2.45) is 0 Å². The first kappa shape index (κ1) is 18.2. The number of carbonyl (C=O) groups is 1. The Morgan fingerprint density at radius 1 is 1.04 bits per heavy atom. The van der Waals surface area contributed by atoms with Crippen molar-refractivity contribution < 1.29 is 9.53 Å². The van der Waals surface area contributed by atoms with Gasteiger partial charge in [-0.3, -0.25) is 0 Å². The minimum atomic E-state index is -0.376. The molecule has 0 saturated carbocycles. The molecule has 4 aromatic rings. The van der Waals surface area contributed by atoms with Gasteiger partial charge >= 0.3 is 5.97 Å². The number of esters is 1. The minimum Gasteiger partial charge on any atom is -0.461 e. The van der Waals surface area contributed by atoms with Gasteiger partial charge in [0.2, 0.25) is 0 Å². The third-order valence-electron chi connectivity index (χ3n) is 5.23. The number of aromatic nitrogens is 2. The lowest BCUT2D eigenvalue weighted by molar-refractivity contribution is 0.0519. The molecule has 2 heterocycles. The second-order valence-electron chi connectivity index (χ2n) is 6.93. The molecule has 1 unspecified atom stereocenters. The predicted octanol–water partition coefficient (Wildman–Crippen LogP) is 5.67. The fourth-order valence-electron chi connectivity index (χ4n) is 4.08. The van der Waals surface area contributed by atoms with Crippen LogP contribution < -0.4 is 0 Å². The van der Waals surface area contributed by atoms with Crippen molar-refractivity contribution in [1.82, 2.24) is 9.55 Å². The van der Waals surface area contributed by atoms with Crippen LogP contribution in [0.3, 0.4) is 0 Å². The van der Waals surface area contributed by atoms with Crippen LogP contribution in [0.5, 0.6) is 0 Å². The smallest absolute Gasteiger partial charge is 0.356 e. The van der Waals surface area contributed by atoms with Crippen LogP contribution >= 0.6 is 0 Å². The summed E-state index contributed by atoms with van der Waals surface area (Å²) < 4.78 is 7.55. The highest BCUT2D eigenvalue weighted by molar-refractivity contribution is 6.10. The number of hydrogen-bond acceptors (Lipinski definition) is 3. The fraction of sp³-hybridized carbons (Fsp3) is 0.250. The quantitative estimate of drug-likeness (QED) is 0.424. The van der Waals surface area contributed by atoms with Crippen LogP contribution in [0.2, 0.25) is 0 Å². The Kier molecular flexibility index (Phi) is 4.86. The van der Waals surface area contributed by atoms with Crippen LogP contribution in [-0.4, -0.2) is 22.1 Å². The van der Waals surface area contributed by atoms with Crippen molar-refractivity contribution in [3.63, 3.8) is 0 Å². The molecule has 4 nitrogen and oxygen atoms in total. The van der Waals surface area contributed by atoms with Crippen molar-refractivity contribution in [2.45, 2.75) is 33.2 Å².